The van der Waals surface area contributed by atoms with Gasteiger partial charge in [0.05, 0.1) is 24.9 Å². The summed E-state index contributed by atoms with van der Waals surface area (Å²) in [7, 11) is 1.79. The first-order valence-corrected chi connectivity index (χ1v) is 6.04. The Labute approximate surface area is 106 Å². The van der Waals surface area contributed by atoms with Crippen molar-refractivity contribution in [3.05, 3.63) is 29.8 Å². The SMILES string of the molecule is CNc1ccccc1C(=O)N1CCOC(CO)C1. The van der Waals surface area contributed by atoms with Crippen LogP contribution in [0.5, 0.6) is 0 Å². The van der Waals surface area contributed by atoms with Crippen molar-refractivity contribution in [2.75, 3.05) is 38.7 Å². The number of morpholine rings is 1. The molecule has 18 heavy (non-hydrogen) atoms. The zero-order valence-electron chi connectivity index (χ0n) is 10.4. The van der Waals surface area contributed by atoms with Crippen LogP contribution in [0.1, 0.15) is 10.4 Å². The molecule has 5 heteroatoms. The number of anilines is 1. The van der Waals surface area contributed by atoms with Gasteiger partial charge in [0.25, 0.3) is 5.91 Å². The summed E-state index contributed by atoms with van der Waals surface area (Å²) in [6.45, 7) is 1.41. The number of aliphatic hydroxyl groups excluding tert-OH is 1. The Morgan fingerprint density at radius 2 is 2.33 bits per heavy atom. The third-order valence-corrected chi connectivity index (χ3v) is 3.06. The number of aliphatic hydroxyl groups is 1. The fraction of sp³-hybridized carbons (Fsp3) is 0.462. The summed E-state index contributed by atoms with van der Waals surface area (Å²) in [5, 5.41) is 12.1. The van der Waals surface area contributed by atoms with Crippen LogP contribution in [-0.4, -0.2) is 55.4 Å². The van der Waals surface area contributed by atoms with Crippen LogP contribution in [0.3, 0.4) is 0 Å². The average Bonchev–Trinajstić information content (AvgIpc) is 2.46. The van der Waals surface area contributed by atoms with E-state index < -0.39 is 0 Å². The molecule has 5 nitrogen and oxygen atoms in total. The lowest BCUT2D eigenvalue weighted by Gasteiger charge is -2.32. The highest BCUT2D eigenvalue weighted by Gasteiger charge is 2.25. The van der Waals surface area contributed by atoms with Crippen molar-refractivity contribution in [1.29, 1.82) is 0 Å². The van der Waals surface area contributed by atoms with Crippen molar-refractivity contribution in [2.45, 2.75) is 6.10 Å². The van der Waals surface area contributed by atoms with Crippen LogP contribution in [0.2, 0.25) is 0 Å². The molecule has 1 aromatic rings. The Bertz CT molecular complexity index is 422. The Balaban J connectivity index is 2.15. The number of benzene rings is 1. The zero-order valence-corrected chi connectivity index (χ0v) is 10.4. The van der Waals surface area contributed by atoms with E-state index in [0.29, 0.717) is 25.3 Å². The standard InChI is InChI=1S/C13H18N2O3/c1-14-12-5-3-2-4-11(12)13(17)15-6-7-18-10(8-15)9-16/h2-5,10,14,16H,6-9H2,1H3. The molecule has 1 unspecified atom stereocenters. The Morgan fingerprint density at radius 3 is 3.06 bits per heavy atom. The maximum atomic E-state index is 12.4. The Hall–Kier alpha value is -1.59. The van der Waals surface area contributed by atoms with Gasteiger partial charge in [0.15, 0.2) is 0 Å². The summed E-state index contributed by atoms with van der Waals surface area (Å²) in [5.74, 6) is -0.0262. The lowest BCUT2D eigenvalue weighted by Crippen LogP contribution is -2.47. The molecule has 2 N–H and O–H groups in total. The first-order chi connectivity index (χ1) is 8.76. The maximum Gasteiger partial charge on any atom is 0.256 e. The number of carbonyl (C=O) groups is 1. The normalized spacial score (nSPS) is 19.7. The van der Waals surface area contributed by atoms with Gasteiger partial charge in [0.2, 0.25) is 0 Å². The summed E-state index contributed by atoms with van der Waals surface area (Å²) in [4.78, 5) is 14.1. The van der Waals surface area contributed by atoms with E-state index in [0.717, 1.165) is 5.69 Å². The van der Waals surface area contributed by atoms with Crippen LogP contribution in [0, 0.1) is 0 Å². The molecule has 0 saturated carbocycles. The Kier molecular flexibility index (Phi) is 4.17. The molecule has 1 aromatic carbocycles. The van der Waals surface area contributed by atoms with Gasteiger partial charge in [-0.15, -0.1) is 0 Å². The van der Waals surface area contributed by atoms with E-state index in [1.807, 2.05) is 18.2 Å². The van der Waals surface area contributed by atoms with Gasteiger partial charge in [-0.05, 0) is 12.1 Å². The van der Waals surface area contributed by atoms with Crippen LogP contribution in [0.15, 0.2) is 24.3 Å². The minimum absolute atomic E-state index is 0.0262. The van der Waals surface area contributed by atoms with Crippen LogP contribution in [0.25, 0.3) is 0 Å². The summed E-state index contributed by atoms with van der Waals surface area (Å²) in [6, 6.07) is 7.41. The number of amides is 1. The van der Waals surface area contributed by atoms with Gasteiger partial charge < -0.3 is 20.1 Å². The van der Waals surface area contributed by atoms with E-state index in [9.17, 15) is 4.79 Å². The molecule has 1 aliphatic heterocycles. The lowest BCUT2D eigenvalue weighted by molar-refractivity contribution is -0.0447. The fourth-order valence-electron chi connectivity index (χ4n) is 2.07. The summed E-state index contributed by atoms with van der Waals surface area (Å²) < 4.78 is 5.34. The third kappa shape index (κ3) is 2.63. The number of carbonyl (C=O) groups excluding carboxylic acids is 1. The maximum absolute atomic E-state index is 12.4. The lowest BCUT2D eigenvalue weighted by atomic mass is 10.1. The third-order valence-electron chi connectivity index (χ3n) is 3.06. The van der Waals surface area contributed by atoms with Gasteiger partial charge in [-0.25, -0.2) is 0 Å². The molecule has 0 radical (unpaired) electrons. The number of hydrogen-bond acceptors (Lipinski definition) is 4. The second-order valence-electron chi connectivity index (χ2n) is 4.22. The van der Waals surface area contributed by atoms with Crippen LogP contribution in [-0.2, 0) is 4.74 Å². The predicted molar refractivity (Wildman–Crippen MR) is 68.7 cm³/mol. The van der Waals surface area contributed by atoms with E-state index in [1.165, 1.54) is 0 Å². The molecule has 98 valence electrons. The molecular weight excluding hydrogens is 232 g/mol. The molecule has 0 aromatic heterocycles. The minimum atomic E-state index is -0.274. The quantitative estimate of drug-likeness (QED) is 0.823. The van der Waals surface area contributed by atoms with Crippen LogP contribution < -0.4 is 5.32 Å². The van der Waals surface area contributed by atoms with E-state index in [1.54, 1.807) is 18.0 Å². The van der Waals surface area contributed by atoms with Crippen molar-refractivity contribution in [3.63, 3.8) is 0 Å². The van der Waals surface area contributed by atoms with Crippen molar-refractivity contribution in [1.82, 2.24) is 4.90 Å². The van der Waals surface area contributed by atoms with Gasteiger partial charge in [0, 0.05) is 25.8 Å². The number of ether oxygens (including phenoxy) is 1. The van der Waals surface area contributed by atoms with E-state index in [4.69, 9.17) is 9.84 Å². The predicted octanol–water partition coefficient (Wildman–Crippen LogP) is 0.562. The second-order valence-corrected chi connectivity index (χ2v) is 4.22. The zero-order chi connectivity index (χ0) is 13.0. The van der Waals surface area contributed by atoms with Crippen LogP contribution >= 0.6 is 0 Å². The van der Waals surface area contributed by atoms with Gasteiger partial charge >= 0.3 is 0 Å². The topological polar surface area (TPSA) is 61.8 Å². The van der Waals surface area contributed by atoms with Gasteiger partial charge in [0.1, 0.15) is 0 Å². The summed E-state index contributed by atoms with van der Waals surface area (Å²) in [5.41, 5.74) is 1.47. The van der Waals surface area contributed by atoms with Gasteiger partial charge in [-0.1, -0.05) is 12.1 Å². The largest absolute Gasteiger partial charge is 0.394 e. The van der Waals surface area contributed by atoms with E-state index >= 15 is 0 Å². The summed E-state index contributed by atoms with van der Waals surface area (Å²) >= 11 is 0. The van der Waals surface area contributed by atoms with Crippen molar-refractivity contribution < 1.29 is 14.6 Å². The second kappa shape index (κ2) is 5.84. The fourth-order valence-corrected chi connectivity index (χ4v) is 2.07. The minimum Gasteiger partial charge on any atom is -0.394 e. The molecular formula is C13H18N2O3. The number of hydrogen-bond donors (Lipinski definition) is 2. The molecule has 0 bridgehead atoms. The first-order valence-electron chi connectivity index (χ1n) is 6.04. The average molecular weight is 250 g/mol. The summed E-state index contributed by atoms with van der Waals surface area (Å²) in [6.07, 6.45) is -0.274. The van der Waals surface area contributed by atoms with Crippen LogP contribution in [0.4, 0.5) is 5.69 Å². The van der Waals surface area contributed by atoms with Crippen molar-refractivity contribution in [3.8, 4) is 0 Å². The molecule has 1 fully saturated rings. The number of rotatable bonds is 3. The number of nitrogens with zero attached hydrogens (tertiary/aromatic N) is 1. The first kappa shape index (κ1) is 12.9. The van der Waals surface area contributed by atoms with E-state index in [2.05, 4.69) is 5.32 Å². The molecule has 1 aliphatic rings. The highest BCUT2D eigenvalue weighted by atomic mass is 16.5. The van der Waals surface area contributed by atoms with Gasteiger partial charge in [-0.2, -0.15) is 0 Å². The van der Waals surface area contributed by atoms with Gasteiger partial charge in [-0.3, -0.25) is 4.79 Å². The number of nitrogens with one attached hydrogen (secondary N) is 1. The molecule has 1 amide bonds. The molecule has 0 aliphatic carbocycles. The molecule has 1 heterocycles. The number of para-hydroxylation sites is 1. The Morgan fingerprint density at radius 1 is 1.56 bits per heavy atom. The van der Waals surface area contributed by atoms with Crippen molar-refractivity contribution >= 4 is 11.6 Å². The molecule has 1 saturated heterocycles. The monoisotopic (exact) mass is 250 g/mol. The smallest absolute Gasteiger partial charge is 0.256 e. The highest BCUT2D eigenvalue weighted by Crippen LogP contribution is 2.18. The van der Waals surface area contributed by atoms with E-state index in [-0.39, 0.29) is 18.6 Å². The molecule has 1 atom stereocenters. The van der Waals surface area contributed by atoms with Crippen molar-refractivity contribution in [2.24, 2.45) is 0 Å². The molecule has 2 rings (SSSR count). The molecule has 0 spiro atoms. The highest BCUT2D eigenvalue weighted by molar-refractivity contribution is 5.99.